The van der Waals surface area contributed by atoms with Crippen molar-refractivity contribution >= 4 is 0 Å². The first kappa shape index (κ1) is 12.9. The molecule has 0 unspecified atom stereocenters. The molecule has 0 aromatic heterocycles. The molecule has 13 heavy (non-hydrogen) atoms. The van der Waals surface area contributed by atoms with E-state index in [1.807, 2.05) is 0 Å². The summed E-state index contributed by atoms with van der Waals surface area (Å²) in [6.07, 6.45) is 6.62. The van der Waals surface area contributed by atoms with Crippen LogP contribution in [0.4, 0.5) is 0 Å². The fourth-order valence-corrected chi connectivity index (χ4v) is 1.14. The minimum Gasteiger partial charge on any atom is -0.381 e. The zero-order chi connectivity index (χ0) is 9.94. The van der Waals surface area contributed by atoms with E-state index in [0.29, 0.717) is 0 Å². The van der Waals surface area contributed by atoms with Crippen LogP contribution in [0.15, 0.2) is 0 Å². The van der Waals surface area contributed by atoms with Crippen LogP contribution in [-0.4, -0.2) is 19.4 Å². The number of ether oxygens (including phenoxy) is 1. The Bertz CT molecular complexity index is 96.9. The maximum absolute atomic E-state index is 5.44. The molecule has 0 aliphatic rings. The summed E-state index contributed by atoms with van der Waals surface area (Å²) in [6.45, 7) is 3.96. The molecule has 0 rings (SSSR count). The Balaban J connectivity index is 2.84. The molecule has 4 N–H and O–H groups in total. The van der Waals surface area contributed by atoms with Crippen LogP contribution in [0.1, 0.15) is 45.4 Å². The number of hydrogen-bond donors (Lipinski definition) is 2. The Hall–Kier alpha value is -0.120. The second-order valence-electron chi connectivity index (χ2n) is 3.48. The fraction of sp³-hybridized carbons (Fsp3) is 1.00. The molecule has 0 atom stereocenters. The topological polar surface area (TPSA) is 61.3 Å². The van der Waals surface area contributed by atoms with Gasteiger partial charge in [0.2, 0.25) is 0 Å². The Kier molecular flexibility index (Phi) is 9.87. The molecule has 0 saturated carbocycles. The van der Waals surface area contributed by atoms with E-state index in [4.69, 9.17) is 16.2 Å². The van der Waals surface area contributed by atoms with Crippen molar-refractivity contribution in [3.63, 3.8) is 0 Å². The van der Waals surface area contributed by atoms with E-state index in [0.717, 1.165) is 32.5 Å². The lowest BCUT2D eigenvalue weighted by molar-refractivity contribution is 0.126. The largest absolute Gasteiger partial charge is 0.381 e. The molecule has 3 nitrogen and oxygen atoms in total. The first-order valence-corrected chi connectivity index (χ1v) is 5.36. The van der Waals surface area contributed by atoms with Gasteiger partial charge < -0.3 is 16.2 Å². The van der Waals surface area contributed by atoms with Crippen molar-refractivity contribution in [2.45, 2.75) is 51.6 Å². The Morgan fingerprint density at radius 1 is 1.00 bits per heavy atom. The normalized spacial score (nSPS) is 11.1. The van der Waals surface area contributed by atoms with Crippen molar-refractivity contribution in [1.29, 1.82) is 0 Å². The van der Waals surface area contributed by atoms with Gasteiger partial charge in [0.25, 0.3) is 0 Å². The van der Waals surface area contributed by atoms with Gasteiger partial charge in [-0.25, -0.2) is 0 Å². The van der Waals surface area contributed by atoms with Crippen LogP contribution in [0.3, 0.4) is 0 Å². The lowest BCUT2D eigenvalue weighted by atomic mass is 10.2. The lowest BCUT2D eigenvalue weighted by Gasteiger charge is -2.05. The quantitative estimate of drug-likeness (QED) is 0.427. The van der Waals surface area contributed by atoms with E-state index in [2.05, 4.69) is 6.92 Å². The van der Waals surface area contributed by atoms with E-state index < -0.39 is 0 Å². The van der Waals surface area contributed by atoms with Crippen molar-refractivity contribution in [3.05, 3.63) is 0 Å². The van der Waals surface area contributed by atoms with Crippen molar-refractivity contribution in [2.24, 2.45) is 11.5 Å². The molecule has 0 aromatic rings. The summed E-state index contributed by atoms with van der Waals surface area (Å²) in [6, 6.07) is 0. The predicted octanol–water partition coefficient (Wildman–Crippen LogP) is 1.61. The van der Waals surface area contributed by atoms with Crippen LogP contribution in [-0.2, 0) is 4.74 Å². The lowest BCUT2D eigenvalue weighted by Crippen LogP contribution is -2.29. The molecule has 0 aromatic carbocycles. The maximum atomic E-state index is 5.44. The molecule has 80 valence electrons. The molecule has 0 bridgehead atoms. The zero-order valence-corrected chi connectivity index (χ0v) is 8.80. The highest BCUT2D eigenvalue weighted by Gasteiger charge is 1.94. The van der Waals surface area contributed by atoms with Gasteiger partial charge >= 0.3 is 0 Å². The SMILES string of the molecule is CCCCCOCCCCC(N)N. The summed E-state index contributed by atoms with van der Waals surface area (Å²) < 4.78 is 5.44. The zero-order valence-electron chi connectivity index (χ0n) is 8.80. The van der Waals surface area contributed by atoms with Crippen molar-refractivity contribution in [1.82, 2.24) is 0 Å². The first-order chi connectivity index (χ1) is 6.27. The third-order valence-corrected chi connectivity index (χ3v) is 1.97. The number of nitrogens with two attached hydrogens (primary N) is 2. The average molecular weight is 188 g/mol. The molecule has 0 amide bonds. The number of rotatable bonds is 9. The summed E-state index contributed by atoms with van der Waals surface area (Å²) in [5.41, 5.74) is 10.8. The fourth-order valence-electron chi connectivity index (χ4n) is 1.14. The van der Waals surface area contributed by atoms with Crippen LogP contribution < -0.4 is 11.5 Å². The first-order valence-electron chi connectivity index (χ1n) is 5.36. The minimum atomic E-state index is -0.153. The minimum absolute atomic E-state index is 0.153. The van der Waals surface area contributed by atoms with Gasteiger partial charge in [-0.3, -0.25) is 0 Å². The van der Waals surface area contributed by atoms with Gasteiger partial charge in [-0.1, -0.05) is 19.8 Å². The standard InChI is InChI=1S/C10H24N2O/c1-2-3-5-8-13-9-6-4-7-10(11)12/h10H,2-9,11-12H2,1H3. The Labute approximate surface area is 81.8 Å². The van der Waals surface area contributed by atoms with Gasteiger partial charge in [-0.2, -0.15) is 0 Å². The summed E-state index contributed by atoms with van der Waals surface area (Å²) in [5.74, 6) is 0. The Morgan fingerprint density at radius 2 is 1.62 bits per heavy atom. The maximum Gasteiger partial charge on any atom is 0.0520 e. The van der Waals surface area contributed by atoms with Gasteiger partial charge in [-0.15, -0.1) is 0 Å². The monoisotopic (exact) mass is 188 g/mol. The molecular formula is C10H24N2O. The van der Waals surface area contributed by atoms with E-state index in [9.17, 15) is 0 Å². The van der Waals surface area contributed by atoms with Crippen LogP contribution in [0.2, 0.25) is 0 Å². The smallest absolute Gasteiger partial charge is 0.0520 e. The summed E-state index contributed by atoms with van der Waals surface area (Å²) in [5, 5.41) is 0. The van der Waals surface area contributed by atoms with Gasteiger partial charge in [-0.05, 0) is 25.7 Å². The van der Waals surface area contributed by atoms with Gasteiger partial charge in [0.15, 0.2) is 0 Å². The third-order valence-electron chi connectivity index (χ3n) is 1.97. The summed E-state index contributed by atoms with van der Waals surface area (Å²) >= 11 is 0. The van der Waals surface area contributed by atoms with E-state index in [1.165, 1.54) is 19.3 Å². The summed E-state index contributed by atoms with van der Waals surface area (Å²) in [4.78, 5) is 0. The van der Waals surface area contributed by atoms with Crippen molar-refractivity contribution in [2.75, 3.05) is 13.2 Å². The van der Waals surface area contributed by atoms with Gasteiger partial charge in [0.1, 0.15) is 0 Å². The number of unbranched alkanes of at least 4 members (excludes halogenated alkanes) is 3. The van der Waals surface area contributed by atoms with Gasteiger partial charge in [0.05, 0.1) is 6.17 Å². The molecular weight excluding hydrogens is 164 g/mol. The number of hydrogen-bond acceptors (Lipinski definition) is 3. The molecule has 0 radical (unpaired) electrons. The van der Waals surface area contributed by atoms with Crippen LogP contribution in [0.25, 0.3) is 0 Å². The third kappa shape index (κ3) is 11.9. The molecule has 0 fully saturated rings. The van der Waals surface area contributed by atoms with Crippen molar-refractivity contribution < 1.29 is 4.74 Å². The van der Waals surface area contributed by atoms with E-state index in [1.54, 1.807) is 0 Å². The van der Waals surface area contributed by atoms with Crippen LogP contribution >= 0.6 is 0 Å². The predicted molar refractivity (Wildman–Crippen MR) is 56.4 cm³/mol. The molecule has 0 spiro atoms. The molecule has 0 aliphatic carbocycles. The van der Waals surface area contributed by atoms with Crippen molar-refractivity contribution in [3.8, 4) is 0 Å². The summed E-state index contributed by atoms with van der Waals surface area (Å²) in [7, 11) is 0. The van der Waals surface area contributed by atoms with E-state index in [-0.39, 0.29) is 6.17 Å². The molecule has 0 aliphatic heterocycles. The van der Waals surface area contributed by atoms with E-state index >= 15 is 0 Å². The second kappa shape index (κ2) is 9.96. The molecule has 3 heteroatoms. The van der Waals surface area contributed by atoms with Gasteiger partial charge in [0, 0.05) is 13.2 Å². The Morgan fingerprint density at radius 3 is 2.15 bits per heavy atom. The van der Waals surface area contributed by atoms with Crippen LogP contribution in [0, 0.1) is 0 Å². The second-order valence-corrected chi connectivity index (χ2v) is 3.48. The molecule has 0 heterocycles. The highest BCUT2D eigenvalue weighted by molar-refractivity contribution is 4.50. The highest BCUT2D eigenvalue weighted by Crippen LogP contribution is 1.98. The highest BCUT2D eigenvalue weighted by atomic mass is 16.5. The average Bonchev–Trinajstić information content (AvgIpc) is 2.09. The molecule has 0 saturated heterocycles. The van der Waals surface area contributed by atoms with Crippen LogP contribution in [0.5, 0.6) is 0 Å².